The number of benzene rings is 4. The van der Waals surface area contributed by atoms with Crippen LogP contribution in [0.1, 0.15) is 297 Å². The number of aliphatic hydroxyl groups is 4. The number of rotatable bonds is 57. The Balaban J connectivity index is 0.000000352. The second-order valence-corrected chi connectivity index (χ2v) is 41.7. The maximum absolute atomic E-state index is 12.7. The molecule has 0 heterocycles. The second kappa shape index (κ2) is 73.1. The molecule has 0 spiro atoms. The Hall–Kier alpha value is -4.17. The van der Waals surface area contributed by atoms with Gasteiger partial charge in [-0.3, -0.25) is 28.8 Å². The normalized spacial score (nSPS) is 21.9. The van der Waals surface area contributed by atoms with Crippen LogP contribution < -0.4 is 0 Å². The molecule has 8 rings (SSSR count). The fraction of sp³-hybridized carbons (Fsp3) is 0.626. The predicted molar refractivity (Wildman–Crippen MR) is 563 cm³/mol. The van der Waals surface area contributed by atoms with Crippen LogP contribution in [0.15, 0.2) is 182 Å². The van der Waals surface area contributed by atoms with Crippen molar-refractivity contribution in [2.45, 2.75) is 368 Å². The van der Waals surface area contributed by atoms with Crippen LogP contribution in [-0.2, 0) is 87.0 Å². The molecule has 131 heavy (non-hydrogen) atoms. The number of ketones is 2. The number of aryl methyl sites for hydroxylation is 4. The van der Waals surface area contributed by atoms with Crippen LogP contribution in [0.5, 0.6) is 0 Å². The average Bonchev–Trinajstić information content (AvgIpc) is 1.70. The van der Waals surface area contributed by atoms with E-state index in [1.807, 2.05) is 91.8 Å². The lowest BCUT2D eigenvalue weighted by molar-refractivity contribution is -0.148. The first-order chi connectivity index (χ1) is 63.0. The van der Waals surface area contributed by atoms with Gasteiger partial charge in [0.15, 0.2) is 5.78 Å². The van der Waals surface area contributed by atoms with Gasteiger partial charge < -0.3 is 52.9 Å². The maximum atomic E-state index is 12.7. The number of ether oxygens (including phenoxy) is 4. The third kappa shape index (κ3) is 55.3. The van der Waals surface area contributed by atoms with Crippen molar-refractivity contribution in [3.8, 4) is 0 Å². The zero-order valence-electron chi connectivity index (χ0n) is 81.0. The van der Waals surface area contributed by atoms with Crippen LogP contribution >= 0.6 is 74.9 Å². The number of alkyl halides is 1. The first-order valence-electron chi connectivity index (χ1n) is 48.9. The van der Waals surface area contributed by atoms with Gasteiger partial charge in [-0.15, -0.1) is 0 Å². The summed E-state index contributed by atoms with van der Waals surface area (Å²) in [5.41, 5.74) is 6.28. The molecule has 4 aromatic carbocycles. The first-order valence-corrected chi connectivity index (χ1v) is 58.6. The van der Waals surface area contributed by atoms with Crippen molar-refractivity contribution in [3.05, 3.63) is 204 Å². The molecule has 22 atom stereocenters. The van der Waals surface area contributed by atoms with E-state index >= 15 is 0 Å². The number of hydrogen-bond acceptors (Lipinski definition) is 17. The zero-order chi connectivity index (χ0) is 95.9. The van der Waals surface area contributed by atoms with Crippen molar-refractivity contribution in [2.75, 3.05) is 4.43 Å². The fourth-order valence-electron chi connectivity index (χ4n) is 17.9. The standard InChI is InChI=1S/C27H44O4P2.C27H42O4P2.C26H40O5.C16H24O3.C11H17IOP2/c2*1-20(2)30-27(29)14-10-5-4-9-13-25-24(21(3)19-26(25)28)18-17-23(31-33-32)16-15-22-11-7-6-8-12-22;1-19(2)31-26(30)13-9-4-3-8-12-22-23(25(29)18-24(22)28)17-16-21(27)15-14-20-10-6-5-7-11-20;1-12(2)19-16(18)9-7-5-4-6-8-14-10-13(3)11-15(14)17;12-9-8-11(13-15-14)7-6-10-4-2-1-3-5-10/h4,6-9,11-12,20-21,23-26,28,33H,5,10,13-19,32H2,1-3H3;4,6-9,11-12,20-21,23-25,33H,5,10,13-19,32H2,1-3H3;3,5-8,10-11,19,21-25,27-29H,4,9,12-18H2,1-2H3;4,6,10,12-13H,5,7-9,11H2,1-3H3;1-5,11,15H,6-9,14H2/b2*9-4-;8-3-;6-4-;/t21-,23+,24+,25-,26+;21-,23+,24+,25-;21-,22+,23+,24-,25+;13-;11-/m11000/s1. The van der Waals surface area contributed by atoms with E-state index in [1.54, 1.807) is 0 Å². The average molecular weight is 2040 g/mol. The topological polar surface area (TPSA) is 248 Å². The quantitative estimate of drug-likeness (QED) is 0.00610. The Labute approximate surface area is 815 Å². The van der Waals surface area contributed by atoms with Crippen molar-refractivity contribution >= 4 is 110 Å². The van der Waals surface area contributed by atoms with Crippen LogP contribution in [0, 0.1) is 53.3 Å². The maximum Gasteiger partial charge on any atom is 0.306 e. The molecule has 0 aromatic heterocycles. The summed E-state index contributed by atoms with van der Waals surface area (Å²) in [6.45, 7) is 21.5. The molecule has 4 N–H and O–H groups in total. The lowest BCUT2D eigenvalue weighted by atomic mass is 9.83. The Morgan fingerprint density at radius 1 is 0.412 bits per heavy atom. The minimum atomic E-state index is -0.513. The lowest BCUT2D eigenvalue weighted by Gasteiger charge is -2.25. The Bertz CT molecular complexity index is 3830. The molecular weight excluding hydrogens is 1870 g/mol. The minimum Gasteiger partial charge on any atom is -0.463 e. The van der Waals surface area contributed by atoms with E-state index in [9.17, 15) is 49.2 Å². The van der Waals surface area contributed by atoms with Gasteiger partial charge in [0, 0.05) is 74.4 Å². The summed E-state index contributed by atoms with van der Waals surface area (Å²) in [6.07, 6.45) is 46.7. The smallest absolute Gasteiger partial charge is 0.306 e. The first kappa shape index (κ1) is 119. The highest BCUT2D eigenvalue weighted by Gasteiger charge is 2.42. The van der Waals surface area contributed by atoms with Gasteiger partial charge in [0.25, 0.3) is 0 Å². The van der Waals surface area contributed by atoms with Crippen LogP contribution in [0.2, 0.25) is 0 Å². The number of carbonyl (C=O) groups excluding carboxylic acids is 6. The molecule has 0 radical (unpaired) electrons. The van der Waals surface area contributed by atoms with E-state index in [2.05, 4.69) is 210 Å². The molecule has 6 unspecified atom stereocenters. The number of carbonyl (C=O) groups is 6. The van der Waals surface area contributed by atoms with E-state index in [4.69, 9.17) is 32.5 Å². The molecule has 4 aromatic rings. The highest BCUT2D eigenvalue weighted by Crippen LogP contribution is 2.45. The van der Waals surface area contributed by atoms with Crippen LogP contribution in [-0.4, -0.2) is 127 Å². The van der Waals surface area contributed by atoms with Gasteiger partial charge in [-0.25, -0.2) is 0 Å². The molecule has 0 amide bonds. The van der Waals surface area contributed by atoms with Gasteiger partial charge in [0.1, 0.15) is 5.78 Å². The largest absolute Gasteiger partial charge is 0.463 e. The summed E-state index contributed by atoms with van der Waals surface area (Å²) in [4.78, 5) is 70.3. The summed E-state index contributed by atoms with van der Waals surface area (Å²) in [5, 5.41) is 41.9. The van der Waals surface area contributed by atoms with Gasteiger partial charge in [-0.05, 0) is 317 Å². The van der Waals surface area contributed by atoms with Gasteiger partial charge in [0.2, 0.25) is 0 Å². The Morgan fingerprint density at radius 3 is 1.13 bits per heavy atom. The lowest BCUT2D eigenvalue weighted by Crippen LogP contribution is -2.23. The van der Waals surface area contributed by atoms with Crippen molar-refractivity contribution in [3.63, 3.8) is 0 Å². The molecule has 17 nitrogen and oxygen atoms in total. The second-order valence-electron chi connectivity index (χ2n) is 37.1. The number of aliphatic hydroxyl groups excluding tert-OH is 4. The Morgan fingerprint density at radius 2 is 0.756 bits per heavy atom. The van der Waals surface area contributed by atoms with Crippen molar-refractivity contribution < 1.29 is 81.7 Å². The van der Waals surface area contributed by atoms with E-state index < -0.39 is 18.3 Å². The number of hydrogen-bond donors (Lipinski definition) is 4. The third-order valence-electron chi connectivity index (χ3n) is 24.6. The number of halogens is 1. The van der Waals surface area contributed by atoms with Gasteiger partial charge in [-0.1, -0.05) is 246 Å². The highest BCUT2D eigenvalue weighted by atomic mass is 127. The van der Waals surface area contributed by atoms with Gasteiger partial charge >= 0.3 is 23.9 Å². The number of allylic oxidation sites excluding steroid dienone is 10. The molecule has 4 aliphatic carbocycles. The molecule has 0 aliphatic heterocycles. The number of esters is 4. The molecule has 3 saturated carbocycles. The summed E-state index contributed by atoms with van der Waals surface area (Å²) < 4.78 is 39.5. The summed E-state index contributed by atoms with van der Waals surface area (Å²) in [6, 6.07) is 42.0. The molecular formula is C107H167IO17P6. The van der Waals surface area contributed by atoms with Crippen LogP contribution in [0.25, 0.3) is 0 Å². The SMILES string of the molecule is CC(C)OC(=O)CCC/C=C\CC1=C[C@H](C)CC1=O.CC(C)OC(=O)CCC/C=C\C[C@@H]1[C@@H](CC[C@@H](O)CCc2ccccc2)[C@H](O)C[C@@H]1O.CC(C)OC(=O)CCC/C=C\C[C@@H]1[C@@H](CC[C@H](CCc2ccccc2)OPP)[C@H](C)C[C@@H]1O.CC(C)OC(=O)CCC/C=C\C[C@H]1C(=O)C[C@@H](C)[C@@H]1CC[C@H](CCc1ccccc1)OPP.PPO[C@H](CCI)CCc1ccccc1. The number of Topliss-reactive ketones (excluding diaryl/α,β-unsaturated/α-hetero) is 2. The molecule has 3 fully saturated rings. The number of unbranched alkanes of at least 4 members (excludes halogenated alkanes) is 4. The fourth-order valence-corrected chi connectivity index (χ4v) is 21.6. The van der Waals surface area contributed by atoms with E-state index in [0.29, 0.717) is 144 Å². The monoisotopic (exact) mass is 2040 g/mol. The molecule has 4 aliphatic rings. The molecule has 0 saturated heterocycles. The van der Waals surface area contributed by atoms with Crippen LogP contribution in [0.3, 0.4) is 0 Å². The molecule has 0 bridgehead atoms. The third-order valence-corrected chi connectivity index (χ3v) is 27.9. The van der Waals surface area contributed by atoms with Crippen molar-refractivity contribution in [1.82, 2.24) is 0 Å². The summed E-state index contributed by atoms with van der Waals surface area (Å²) >= 11 is 2.41. The van der Waals surface area contributed by atoms with Gasteiger partial charge in [0.05, 0.1) is 67.1 Å². The summed E-state index contributed by atoms with van der Waals surface area (Å²) in [7, 11) is 9.43. The van der Waals surface area contributed by atoms with E-state index in [0.717, 1.165) is 160 Å². The highest BCUT2D eigenvalue weighted by molar-refractivity contribution is 14.1. The summed E-state index contributed by atoms with van der Waals surface area (Å²) in [5.74, 6) is 2.92. The van der Waals surface area contributed by atoms with Crippen LogP contribution in [0.4, 0.5) is 0 Å². The minimum absolute atomic E-state index is 0.00652. The van der Waals surface area contributed by atoms with E-state index in [-0.39, 0.29) is 90.1 Å². The van der Waals surface area contributed by atoms with Crippen molar-refractivity contribution in [1.29, 1.82) is 0 Å². The molecule has 24 heteroatoms. The Kier molecular flexibility index (Phi) is 66.4. The predicted octanol–water partition coefficient (Wildman–Crippen LogP) is 25.9. The van der Waals surface area contributed by atoms with Gasteiger partial charge in [-0.2, -0.15) is 0 Å². The zero-order valence-corrected chi connectivity index (χ0v) is 89.6. The van der Waals surface area contributed by atoms with E-state index in [1.165, 1.54) is 26.7 Å². The van der Waals surface area contributed by atoms with Crippen molar-refractivity contribution in [2.24, 2.45) is 53.3 Å². The molecule has 734 valence electrons.